The topological polar surface area (TPSA) is 61.0 Å². The third kappa shape index (κ3) is 3.02. The first-order valence-electron chi connectivity index (χ1n) is 5.10. The smallest absolute Gasteiger partial charge is 0.295 e. The normalized spacial score (nSPS) is 26.5. The third-order valence-electron chi connectivity index (χ3n) is 2.64. The Labute approximate surface area is 91.6 Å². The second kappa shape index (κ2) is 4.74. The van der Waals surface area contributed by atoms with Gasteiger partial charge in [0.2, 0.25) is 5.13 Å². The van der Waals surface area contributed by atoms with Gasteiger partial charge in [0.05, 0.1) is 6.61 Å². The summed E-state index contributed by atoms with van der Waals surface area (Å²) in [5.41, 5.74) is 5.42. The van der Waals surface area contributed by atoms with Gasteiger partial charge in [0, 0.05) is 0 Å². The minimum atomic E-state index is -0.613. The number of aromatic nitrogens is 2. The van der Waals surface area contributed by atoms with Crippen molar-refractivity contribution in [3.63, 3.8) is 0 Å². The number of hydrogen-bond acceptors (Lipinski definition) is 5. The molecule has 2 rings (SSSR count). The molecule has 1 heterocycles. The van der Waals surface area contributed by atoms with Crippen LogP contribution in [0.3, 0.4) is 0 Å². The van der Waals surface area contributed by atoms with Gasteiger partial charge >= 0.3 is 0 Å². The van der Waals surface area contributed by atoms with Crippen molar-refractivity contribution in [2.45, 2.75) is 31.9 Å². The zero-order valence-electron chi connectivity index (χ0n) is 8.36. The summed E-state index contributed by atoms with van der Waals surface area (Å²) in [5.74, 6) is 0.446. The fourth-order valence-corrected chi connectivity index (χ4v) is 2.23. The van der Waals surface area contributed by atoms with E-state index in [9.17, 15) is 4.39 Å². The molecule has 0 saturated heterocycles. The van der Waals surface area contributed by atoms with E-state index in [1.807, 2.05) is 0 Å². The molecule has 0 radical (unpaired) electrons. The Balaban J connectivity index is 1.74. The Morgan fingerprint density at radius 2 is 2.07 bits per heavy atom. The standard InChI is InChI=1S/C9H14FN3OS/c10-7-3-1-6(2-4-7)5-14-9-13-12-8(11)15-9/h6-7H,1-5H2,(H2,11,12). The van der Waals surface area contributed by atoms with Crippen LogP contribution in [0.4, 0.5) is 9.52 Å². The van der Waals surface area contributed by atoms with Crippen LogP contribution in [0.15, 0.2) is 0 Å². The lowest BCUT2D eigenvalue weighted by atomic mass is 9.89. The lowest BCUT2D eigenvalue weighted by molar-refractivity contribution is 0.156. The number of anilines is 1. The van der Waals surface area contributed by atoms with Gasteiger partial charge in [-0.15, -0.1) is 5.10 Å². The van der Waals surface area contributed by atoms with Crippen molar-refractivity contribution in [3.05, 3.63) is 0 Å². The summed E-state index contributed by atoms with van der Waals surface area (Å²) in [6.07, 6.45) is 2.50. The van der Waals surface area contributed by atoms with E-state index >= 15 is 0 Å². The molecule has 0 spiro atoms. The van der Waals surface area contributed by atoms with E-state index in [4.69, 9.17) is 10.5 Å². The maximum atomic E-state index is 12.8. The Bertz CT molecular complexity index is 312. The van der Waals surface area contributed by atoms with Crippen molar-refractivity contribution in [3.8, 4) is 5.19 Å². The van der Waals surface area contributed by atoms with Crippen LogP contribution < -0.4 is 10.5 Å². The van der Waals surface area contributed by atoms with Gasteiger partial charge in [0.15, 0.2) is 0 Å². The second-order valence-electron chi connectivity index (χ2n) is 3.84. The lowest BCUT2D eigenvalue weighted by Crippen LogP contribution is -2.20. The number of nitrogen functional groups attached to an aromatic ring is 1. The predicted octanol–water partition coefficient (Wildman–Crippen LogP) is 2.03. The van der Waals surface area contributed by atoms with Crippen LogP contribution in [-0.2, 0) is 0 Å². The Kier molecular flexibility index (Phi) is 3.35. The number of rotatable bonds is 3. The van der Waals surface area contributed by atoms with Crippen LogP contribution in [0.2, 0.25) is 0 Å². The fourth-order valence-electron chi connectivity index (χ4n) is 1.76. The summed E-state index contributed by atoms with van der Waals surface area (Å²) in [4.78, 5) is 0. The van der Waals surface area contributed by atoms with Crippen LogP contribution in [0, 0.1) is 5.92 Å². The molecule has 1 aliphatic rings. The largest absolute Gasteiger partial charge is 0.469 e. The minimum absolute atomic E-state index is 0.414. The first kappa shape index (κ1) is 10.6. The highest BCUT2D eigenvalue weighted by Gasteiger charge is 2.21. The van der Waals surface area contributed by atoms with E-state index in [0.717, 1.165) is 12.8 Å². The maximum absolute atomic E-state index is 12.8. The van der Waals surface area contributed by atoms with E-state index in [1.54, 1.807) is 0 Å². The van der Waals surface area contributed by atoms with Crippen molar-refractivity contribution in [2.75, 3.05) is 12.3 Å². The van der Waals surface area contributed by atoms with Gasteiger partial charge in [-0.05, 0) is 42.9 Å². The van der Waals surface area contributed by atoms with Gasteiger partial charge in [-0.2, -0.15) is 0 Å². The number of nitrogens with two attached hydrogens (primary N) is 1. The highest BCUT2D eigenvalue weighted by Crippen LogP contribution is 2.27. The highest BCUT2D eigenvalue weighted by molar-refractivity contribution is 7.16. The van der Waals surface area contributed by atoms with Crippen LogP contribution in [0.1, 0.15) is 25.7 Å². The molecule has 2 N–H and O–H groups in total. The van der Waals surface area contributed by atoms with Gasteiger partial charge < -0.3 is 10.5 Å². The molecule has 0 aromatic carbocycles. The van der Waals surface area contributed by atoms with E-state index in [0.29, 0.717) is 35.7 Å². The molecule has 1 aromatic rings. The minimum Gasteiger partial charge on any atom is -0.469 e. The third-order valence-corrected chi connectivity index (χ3v) is 3.31. The van der Waals surface area contributed by atoms with Crippen molar-refractivity contribution in [1.29, 1.82) is 0 Å². The Hall–Kier alpha value is -0.910. The van der Waals surface area contributed by atoms with Crippen LogP contribution >= 0.6 is 11.3 Å². The van der Waals surface area contributed by atoms with Gasteiger partial charge in [-0.1, -0.05) is 5.10 Å². The van der Waals surface area contributed by atoms with Crippen molar-refractivity contribution in [2.24, 2.45) is 5.92 Å². The molecule has 1 aromatic heterocycles. The molecule has 0 aliphatic heterocycles. The second-order valence-corrected chi connectivity index (χ2v) is 4.81. The molecule has 1 aliphatic carbocycles. The van der Waals surface area contributed by atoms with E-state index in [1.165, 1.54) is 11.3 Å². The molecule has 6 heteroatoms. The molecule has 4 nitrogen and oxygen atoms in total. The summed E-state index contributed by atoms with van der Waals surface area (Å²) >= 11 is 1.24. The maximum Gasteiger partial charge on any atom is 0.295 e. The quantitative estimate of drug-likeness (QED) is 0.864. The lowest BCUT2D eigenvalue weighted by Gasteiger charge is -2.23. The summed E-state index contributed by atoms with van der Waals surface area (Å²) in [6, 6.07) is 0. The molecule has 0 amide bonds. The van der Waals surface area contributed by atoms with Crippen LogP contribution in [0.25, 0.3) is 0 Å². The van der Waals surface area contributed by atoms with Gasteiger partial charge in [0.1, 0.15) is 6.17 Å². The molecule has 84 valence electrons. The van der Waals surface area contributed by atoms with Crippen molar-refractivity contribution < 1.29 is 9.13 Å². The number of nitrogens with zero attached hydrogens (tertiary/aromatic N) is 2. The van der Waals surface area contributed by atoms with Crippen molar-refractivity contribution >= 4 is 16.5 Å². The molecule has 0 atom stereocenters. The Morgan fingerprint density at radius 3 is 2.67 bits per heavy atom. The molecular weight excluding hydrogens is 217 g/mol. The summed E-state index contributed by atoms with van der Waals surface area (Å²) < 4.78 is 18.3. The average molecular weight is 231 g/mol. The fraction of sp³-hybridized carbons (Fsp3) is 0.778. The molecule has 0 bridgehead atoms. The number of alkyl halides is 1. The van der Waals surface area contributed by atoms with Crippen LogP contribution in [0.5, 0.6) is 5.19 Å². The Morgan fingerprint density at radius 1 is 1.33 bits per heavy atom. The molecule has 1 fully saturated rings. The summed E-state index contributed by atoms with van der Waals surface area (Å²) in [6.45, 7) is 0.599. The molecule has 1 saturated carbocycles. The number of hydrogen-bond donors (Lipinski definition) is 1. The first-order valence-corrected chi connectivity index (χ1v) is 5.91. The molecule has 15 heavy (non-hydrogen) atoms. The van der Waals surface area contributed by atoms with E-state index in [-0.39, 0.29) is 0 Å². The van der Waals surface area contributed by atoms with Gasteiger partial charge in [-0.3, -0.25) is 0 Å². The molecular formula is C9H14FN3OS. The average Bonchev–Trinajstić information content (AvgIpc) is 2.64. The summed E-state index contributed by atoms with van der Waals surface area (Å²) in [5, 5.41) is 8.34. The van der Waals surface area contributed by atoms with Crippen molar-refractivity contribution in [1.82, 2.24) is 10.2 Å². The van der Waals surface area contributed by atoms with E-state index in [2.05, 4.69) is 10.2 Å². The predicted molar refractivity (Wildman–Crippen MR) is 56.7 cm³/mol. The first-order chi connectivity index (χ1) is 7.24. The SMILES string of the molecule is Nc1nnc(OCC2CCC(F)CC2)s1. The zero-order chi connectivity index (χ0) is 10.7. The van der Waals surface area contributed by atoms with E-state index < -0.39 is 6.17 Å². The number of ether oxygens (including phenoxy) is 1. The summed E-state index contributed by atoms with van der Waals surface area (Å²) in [7, 11) is 0. The monoisotopic (exact) mass is 231 g/mol. The molecule has 0 unspecified atom stereocenters. The van der Waals surface area contributed by atoms with Crippen LogP contribution in [-0.4, -0.2) is 23.0 Å². The van der Waals surface area contributed by atoms with Gasteiger partial charge in [-0.25, -0.2) is 4.39 Å². The number of halogens is 1. The zero-order valence-corrected chi connectivity index (χ0v) is 9.17. The van der Waals surface area contributed by atoms with Gasteiger partial charge in [0.25, 0.3) is 5.19 Å². The highest BCUT2D eigenvalue weighted by atomic mass is 32.1.